The molecule has 1 saturated heterocycles. The van der Waals surface area contributed by atoms with E-state index >= 15 is 0 Å². The molecule has 2 amide bonds. The number of esters is 2. The Balaban J connectivity index is 1.33. The van der Waals surface area contributed by atoms with Crippen LogP contribution in [0.5, 0.6) is 0 Å². The molecule has 2 aromatic carbocycles. The molecule has 2 aliphatic heterocycles. The second-order valence-electron chi connectivity index (χ2n) is 11.4. The Labute approximate surface area is 279 Å². The SMILES string of the molecule is C=CC1=C(C(=O)OC(c2ccccc2)c2ccccc2)N2C(=O)C(NC(=O)/C(=N/OCC(=O)OC(C)(C)C)c3csc(N)n3)[C@H]2SC1. The van der Waals surface area contributed by atoms with Crippen molar-refractivity contribution in [3.8, 4) is 0 Å². The molecule has 0 radical (unpaired) electrons. The fourth-order valence-electron chi connectivity index (χ4n) is 4.87. The van der Waals surface area contributed by atoms with Gasteiger partial charge in [-0.2, -0.15) is 0 Å². The molecule has 1 aromatic heterocycles. The van der Waals surface area contributed by atoms with E-state index in [0.29, 0.717) is 11.3 Å². The van der Waals surface area contributed by atoms with Crippen molar-refractivity contribution in [1.29, 1.82) is 0 Å². The lowest BCUT2D eigenvalue weighted by atomic mass is 10.0. The second kappa shape index (κ2) is 14.2. The number of nitrogens with one attached hydrogen (secondary N) is 1. The number of ether oxygens (including phenoxy) is 2. The molecular formula is C33H33N5O7S2. The van der Waals surface area contributed by atoms with E-state index in [1.165, 1.54) is 28.1 Å². The normalized spacial score (nSPS) is 17.8. The molecule has 1 unspecified atom stereocenters. The highest BCUT2D eigenvalue weighted by molar-refractivity contribution is 8.00. The Morgan fingerprint density at radius 1 is 1.13 bits per heavy atom. The number of rotatable bonds is 11. The van der Waals surface area contributed by atoms with E-state index in [9.17, 15) is 19.2 Å². The summed E-state index contributed by atoms with van der Waals surface area (Å²) >= 11 is 2.43. The number of benzene rings is 2. The van der Waals surface area contributed by atoms with Gasteiger partial charge in [-0.15, -0.1) is 23.1 Å². The van der Waals surface area contributed by atoms with E-state index in [0.717, 1.165) is 22.5 Å². The van der Waals surface area contributed by atoms with Crippen LogP contribution >= 0.6 is 23.1 Å². The molecule has 0 bridgehead atoms. The number of thioether (sulfide) groups is 1. The van der Waals surface area contributed by atoms with Gasteiger partial charge in [0.25, 0.3) is 11.8 Å². The Morgan fingerprint density at radius 2 is 1.77 bits per heavy atom. The van der Waals surface area contributed by atoms with Crippen molar-refractivity contribution in [3.63, 3.8) is 0 Å². The minimum absolute atomic E-state index is 0.0676. The van der Waals surface area contributed by atoms with Gasteiger partial charge in [-0.05, 0) is 37.5 Å². The van der Waals surface area contributed by atoms with Crippen LogP contribution in [0.15, 0.2) is 95.1 Å². The summed E-state index contributed by atoms with van der Waals surface area (Å²) in [7, 11) is 0. The number of allylic oxidation sites excluding steroid dienone is 1. The third-order valence-corrected chi connectivity index (χ3v) is 8.87. The van der Waals surface area contributed by atoms with E-state index in [-0.39, 0.29) is 22.2 Å². The van der Waals surface area contributed by atoms with Crippen LogP contribution in [0.25, 0.3) is 0 Å². The third-order valence-electron chi connectivity index (χ3n) is 6.89. The van der Waals surface area contributed by atoms with Gasteiger partial charge in [-0.1, -0.05) is 78.5 Å². The molecule has 3 heterocycles. The minimum Gasteiger partial charge on any atom is -0.457 e. The topological polar surface area (TPSA) is 163 Å². The molecule has 244 valence electrons. The van der Waals surface area contributed by atoms with Crippen LogP contribution in [-0.2, 0) is 33.5 Å². The molecule has 0 aliphatic carbocycles. The number of nitrogens with zero attached hydrogens (tertiary/aromatic N) is 3. The maximum atomic E-state index is 13.8. The van der Waals surface area contributed by atoms with Crippen molar-refractivity contribution in [2.24, 2.45) is 5.16 Å². The number of nitrogen functional groups attached to an aromatic ring is 1. The van der Waals surface area contributed by atoms with Gasteiger partial charge in [0.1, 0.15) is 28.4 Å². The number of hydrogen-bond acceptors (Lipinski definition) is 12. The Morgan fingerprint density at radius 3 is 2.32 bits per heavy atom. The Hall–Kier alpha value is -4.95. The zero-order valence-corrected chi connectivity index (χ0v) is 27.5. The first-order valence-corrected chi connectivity index (χ1v) is 16.4. The summed E-state index contributed by atoms with van der Waals surface area (Å²) in [6.07, 6.45) is 0.798. The number of amides is 2. The summed E-state index contributed by atoms with van der Waals surface area (Å²) in [5, 5.41) is 7.58. The molecule has 0 saturated carbocycles. The van der Waals surface area contributed by atoms with E-state index in [1.54, 1.807) is 20.8 Å². The highest BCUT2D eigenvalue weighted by Crippen LogP contribution is 2.42. The third kappa shape index (κ3) is 7.72. The monoisotopic (exact) mass is 675 g/mol. The van der Waals surface area contributed by atoms with Crippen LogP contribution in [0.2, 0.25) is 0 Å². The van der Waals surface area contributed by atoms with Crippen molar-refractivity contribution in [1.82, 2.24) is 15.2 Å². The second-order valence-corrected chi connectivity index (χ2v) is 13.4. The van der Waals surface area contributed by atoms with Gasteiger partial charge in [0.2, 0.25) is 6.61 Å². The van der Waals surface area contributed by atoms with Crippen LogP contribution in [0, 0.1) is 0 Å². The Kier molecular flexibility index (Phi) is 10.1. The van der Waals surface area contributed by atoms with Gasteiger partial charge >= 0.3 is 11.9 Å². The van der Waals surface area contributed by atoms with Crippen molar-refractivity contribution >= 4 is 57.7 Å². The van der Waals surface area contributed by atoms with Crippen molar-refractivity contribution < 1.29 is 33.5 Å². The smallest absolute Gasteiger partial charge is 0.356 e. The number of anilines is 1. The number of fused-ring (bicyclic) bond motifs is 1. The van der Waals surface area contributed by atoms with Crippen molar-refractivity contribution in [2.75, 3.05) is 18.1 Å². The van der Waals surface area contributed by atoms with Gasteiger partial charge in [-0.25, -0.2) is 14.6 Å². The van der Waals surface area contributed by atoms with Crippen molar-refractivity contribution in [2.45, 2.75) is 43.9 Å². The van der Waals surface area contributed by atoms with E-state index in [1.807, 2.05) is 60.7 Å². The summed E-state index contributed by atoms with van der Waals surface area (Å²) in [4.78, 5) is 63.5. The summed E-state index contributed by atoms with van der Waals surface area (Å²) in [5.74, 6) is -2.35. The van der Waals surface area contributed by atoms with E-state index in [4.69, 9.17) is 20.0 Å². The minimum atomic E-state index is -1.01. The molecule has 2 aliphatic rings. The lowest BCUT2D eigenvalue weighted by molar-refractivity contribution is -0.160. The molecule has 5 rings (SSSR count). The highest BCUT2D eigenvalue weighted by Gasteiger charge is 2.54. The first kappa shape index (κ1) is 33.4. The predicted molar refractivity (Wildman–Crippen MR) is 178 cm³/mol. The number of carbonyl (C=O) groups is 4. The zero-order valence-electron chi connectivity index (χ0n) is 25.9. The summed E-state index contributed by atoms with van der Waals surface area (Å²) in [6, 6.07) is 17.6. The molecule has 3 aromatic rings. The molecule has 2 atom stereocenters. The van der Waals surface area contributed by atoms with Crippen LogP contribution in [0.3, 0.4) is 0 Å². The van der Waals surface area contributed by atoms with Crippen LogP contribution in [0.1, 0.15) is 43.7 Å². The molecule has 1 fully saturated rings. The lowest BCUT2D eigenvalue weighted by Crippen LogP contribution is -2.71. The maximum absolute atomic E-state index is 13.8. The quantitative estimate of drug-likeness (QED) is 0.132. The number of thiazole rings is 1. The largest absolute Gasteiger partial charge is 0.457 e. The number of nitrogens with two attached hydrogens (primary N) is 1. The molecule has 0 spiro atoms. The van der Waals surface area contributed by atoms with Crippen LogP contribution < -0.4 is 11.1 Å². The number of oxime groups is 1. The number of hydrogen-bond donors (Lipinski definition) is 2. The first-order valence-electron chi connectivity index (χ1n) is 14.5. The van der Waals surface area contributed by atoms with Gasteiger partial charge in [0.05, 0.1) is 0 Å². The fourth-order valence-corrected chi connectivity index (χ4v) is 6.75. The van der Waals surface area contributed by atoms with Gasteiger partial charge in [0.15, 0.2) is 16.9 Å². The number of aromatic nitrogens is 1. The molecule has 47 heavy (non-hydrogen) atoms. The molecule has 3 N–H and O–H groups in total. The molecule has 14 heteroatoms. The van der Waals surface area contributed by atoms with E-state index < -0.39 is 53.5 Å². The highest BCUT2D eigenvalue weighted by atomic mass is 32.2. The number of carbonyl (C=O) groups excluding carboxylic acids is 4. The summed E-state index contributed by atoms with van der Waals surface area (Å²) in [5.41, 5.74) is 6.97. The van der Waals surface area contributed by atoms with E-state index in [2.05, 4.69) is 22.0 Å². The Bertz CT molecular complexity index is 1690. The lowest BCUT2D eigenvalue weighted by Gasteiger charge is -2.49. The standard InChI is InChI=1S/C33H33N5O7S2/c1-5-19-17-46-30-25(36-28(40)24(22-18-47-32(34)35-22)37-43-16-23(39)45-33(2,3)4)29(41)38(30)26(19)31(42)44-27(20-12-8-6-9-13-20)21-14-10-7-11-15-21/h5-15,18,25,27,30H,1,16-17H2,2-4H3,(H2,34,35)(H,36,40)/b37-24+/t25?,30-/m1/s1. The fraction of sp³-hybridized carbons (Fsp3) is 0.273. The average molecular weight is 676 g/mol. The molecular weight excluding hydrogens is 643 g/mol. The van der Waals surface area contributed by atoms with Crippen LogP contribution in [0.4, 0.5) is 5.13 Å². The molecule has 12 nitrogen and oxygen atoms in total. The van der Waals surface area contributed by atoms with Gasteiger partial charge in [0, 0.05) is 11.1 Å². The van der Waals surface area contributed by atoms with Crippen LogP contribution in [-0.4, -0.2) is 68.7 Å². The summed E-state index contributed by atoms with van der Waals surface area (Å²) < 4.78 is 11.3. The van der Waals surface area contributed by atoms with Gasteiger partial charge in [-0.3, -0.25) is 14.5 Å². The predicted octanol–water partition coefficient (Wildman–Crippen LogP) is 3.96. The summed E-state index contributed by atoms with van der Waals surface area (Å²) in [6.45, 7) is 8.40. The first-order chi connectivity index (χ1) is 22.5. The van der Waals surface area contributed by atoms with Gasteiger partial charge < -0.3 is 25.4 Å². The van der Waals surface area contributed by atoms with Crippen molar-refractivity contribution in [3.05, 3.63) is 107 Å². The maximum Gasteiger partial charge on any atom is 0.356 e. The number of β-lactam (4-membered cyclic amide) rings is 1. The zero-order chi connectivity index (χ0) is 33.7. The average Bonchev–Trinajstić information content (AvgIpc) is 3.48.